The van der Waals surface area contributed by atoms with Crippen molar-refractivity contribution in [3.05, 3.63) is 26.0 Å². The van der Waals surface area contributed by atoms with Crippen LogP contribution < -0.4 is 15.8 Å². The molecular formula is C27H50N2O2. The van der Waals surface area contributed by atoms with Gasteiger partial charge in [0.1, 0.15) is 0 Å². The second-order valence-electron chi connectivity index (χ2n) is 10.4. The van der Waals surface area contributed by atoms with E-state index >= 15 is 0 Å². The van der Waals surface area contributed by atoms with Crippen LogP contribution in [0.1, 0.15) is 117 Å². The topological polar surface area (TPSA) is 40.6 Å². The quantitative estimate of drug-likeness (QED) is 0.209. The molecule has 0 fully saturated rings. The molecule has 0 heterocycles. The molecule has 4 heteroatoms. The first kappa shape index (κ1) is 27.9. The van der Waals surface area contributed by atoms with Crippen LogP contribution in [0.2, 0.25) is 0 Å². The van der Waals surface area contributed by atoms with E-state index in [1.807, 2.05) is 32.7 Å². The molecule has 0 aromatic heterocycles. The Balaban J connectivity index is 2.56. The summed E-state index contributed by atoms with van der Waals surface area (Å²) in [5.74, 6) is 0. The number of nitrogens with zero attached hydrogens (tertiary/aromatic N) is 2. The summed E-state index contributed by atoms with van der Waals surface area (Å²) in [5.41, 5.74) is 0.497. The Labute approximate surface area is 192 Å². The van der Waals surface area contributed by atoms with Gasteiger partial charge in [-0.15, -0.1) is 0 Å². The minimum absolute atomic E-state index is 0.273. The predicted octanol–water partition coefficient (Wildman–Crippen LogP) is 6.04. The second-order valence-corrected chi connectivity index (χ2v) is 10.4. The molecule has 0 saturated carbocycles. The van der Waals surface area contributed by atoms with Gasteiger partial charge in [0.25, 0.3) is 0 Å². The molecule has 0 aliphatic heterocycles. The Hall–Kier alpha value is -1.16. The van der Waals surface area contributed by atoms with Crippen molar-refractivity contribution in [2.45, 2.75) is 117 Å². The predicted molar refractivity (Wildman–Crippen MR) is 137 cm³/mol. The fraction of sp³-hybridized carbons (Fsp3) is 0.852. The van der Waals surface area contributed by atoms with Crippen molar-refractivity contribution in [3.63, 3.8) is 0 Å². The summed E-state index contributed by atoms with van der Waals surface area (Å²) in [7, 11) is 1.97. The fourth-order valence-electron chi connectivity index (χ4n) is 4.41. The van der Waals surface area contributed by atoms with Crippen LogP contribution in [-0.4, -0.2) is 38.1 Å². The molecule has 0 N–H and O–H groups in total. The third-order valence-electron chi connectivity index (χ3n) is 6.42. The van der Waals surface area contributed by atoms with E-state index in [0.717, 1.165) is 26.2 Å². The summed E-state index contributed by atoms with van der Waals surface area (Å²) in [5, 5.41) is 0. The van der Waals surface area contributed by atoms with Gasteiger partial charge in [-0.05, 0) is 31.3 Å². The van der Waals surface area contributed by atoms with Crippen molar-refractivity contribution in [3.8, 4) is 0 Å². The van der Waals surface area contributed by atoms with E-state index in [1.165, 1.54) is 77.0 Å². The SMILES string of the molecule is CCCCCCCCN(CCCCCCCC)CCN(C)c1c(C(C)(C)C)c(=O)c1=O. The number of hydrogen-bond donors (Lipinski definition) is 0. The molecule has 0 radical (unpaired) electrons. The van der Waals surface area contributed by atoms with Gasteiger partial charge in [0.05, 0.1) is 5.69 Å². The van der Waals surface area contributed by atoms with Gasteiger partial charge in [-0.2, -0.15) is 0 Å². The second kappa shape index (κ2) is 14.8. The summed E-state index contributed by atoms with van der Waals surface area (Å²) in [6, 6.07) is 0. The lowest BCUT2D eigenvalue weighted by Gasteiger charge is -2.31. The normalized spacial score (nSPS) is 12.2. The van der Waals surface area contributed by atoms with Gasteiger partial charge in [-0.1, -0.05) is 98.8 Å². The maximum atomic E-state index is 12.2. The zero-order valence-corrected chi connectivity index (χ0v) is 21.5. The highest BCUT2D eigenvalue weighted by molar-refractivity contribution is 5.60. The molecule has 1 aromatic rings. The number of hydrogen-bond acceptors (Lipinski definition) is 4. The molecule has 0 aliphatic carbocycles. The molecule has 0 atom stereocenters. The summed E-state index contributed by atoms with van der Waals surface area (Å²) >= 11 is 0. The van der Waals surface area contributed by atoms with Gasteiger partial charge in [-0.25, -0.2) is 0 Å². The van der Waals surface area contributed by atoms with Gasteiger partial charge in [0.2, 0.25) is 10.9 Å². The van der Waals surface area contributed by atoms with Crippen molar-refractivity contribution in [2.24, 2.45) is 0 Å². The first-order chi connectivity index (χ1) is 14.7. The molecular weight excluding hydrogens is 384 g/mol. The van der Waals surface area contributed by atoms with Crippen LogP contribution in [0.5, 0.6) is 0 Å². The Morgan fingerprint density at radius 2 is 1.06 bits per heavy atom. The first-order valence-corrected chi connectivity index (χ1v) is 13.0. The highest BCUT2D eigenvalue weighted by Gasteiger charge is 2.32. The van der Waals surface area contributed by atoms with Crippen molar-refractivity contribution < 1.29 is 0 Å². The monoisotopic (exact) mass is 434 g/mol. The molecule has 180 valence electrons. The van der Waals surface area contributed by atoms with E-state index in [0.29, 0.717) is 11.3 Å². The summed E-state index contributed by atoms with van der Waals surface area (Å²) in [4.78, 5) is 29.0. The lowest BCUT2D eigenvalue weighted by atomic mass is 9.82. The molecule has 0 bridgehead atoms. The van der Waals surface area contributed by atoms with Crippen LogP contribution in [0.15, 0.2) is 9.59 Å². The maximum Gasteiger partial charge on any atom is 0.249 e. The van der Waals surface area contributed by atoms with Gasteiger partial charge in [0.15, 0.2) is 0 Å². The Morgan fingerprint density at radius 1 is 0.613 bits per heavy atom. The van der Waals surface area contributed by atoms with Crippen LogP contribution in [0.4, 0.5) is 5.69 Å². The minimum atomic E-state index is -0.300. The lowest BCUT2D eigenvalue weighted by molar-refractivity contribution is 0.265. The smallest absolute Gasteiger partial charge is 0.249 e. The van der Waals surface area contributed by atoms with E-state index in [2.05, 4.69) is 18.7 Å². The van der Waals surface area contributed by atoms with Crippen LogP contribution >= 0.6 is 0 Å². The van der Waals surface area contributed by atoms with Gasteiger partial charge in [0, 0.05) is 25.7 Å². The summed E-state index contributed by atoms with van der Waals surface area (Å²) < 4.78 is 0. The Morgan fingerprint density at radius 3 is 1.52 bits per heavy atom. The largest absolute Gasteiger partial charge is 0.370 e. The fourth-order valence-corrected chi connectivity index (χ4v) is 4.41. The number of likely N-dealkylation sites (N-methyl/N-ethyl adjacent to an activating group) is 1. The number of unbranched alkanes of at least 4 members (excludes halogenated alkanes) is 10. The highest BCUT2D eigenvalue weighted by atomic mass is 16.2. The average molecular weight is 435 g/mol. The number of anilines is 1. The third kappa shape index (κ3) is 9.89. The molecule has 0 spiro atoms. The first-order valence-electron chi connectivity index (χ1n) is 13.0. The molecule has 1 rings (SSSR count). The van der Waals surface area contributed by atoms with E-state index in [1.54, 1.807) is 0 Å². The highest BCUT2D eigenvalue weighted by Crippen LogP contribution is 2.27. The molecule has 1 aromatic carbocycles. The third-order valence-corrected chi connectivity index (χ3v) is 6.42. The van der Waals surface area contributed by atoms with Crippen molar-refractivity contribution in [1.29, 1.82) is 0 Å². The maximum absolute atomic E-state index is 12.2. The lowest BCUT2D eigenvalue weighted by Crippen LogP contribution is -2.48. The van der Waals surface area contributed by atoms with Crippen LogP contribution in [0.25, 0.3) is 0 Å². The zero-order valence-electron chi connectivity index (χ0n) is 21.5. The summed E-state index contributed by atoms with van der Waals surface area (Å²) in [6.07, 6.45) is 15.8. The molecule has 4 nitrogen and oxygen atoms in total. The van der Waals surface area contributed by atoms with Crippen LogP contribution in [0.3, 0.4) is 0 Å². The van der Waals surface area contributed by atoms with Gasteiger partial charge < -0.3 is 9.80 Å². The molecule has 31 heavy (non-hydrogen) atoms. The van der Waals surface area contributed by atoms with E-state index in [9.17, 15) is 9.59 Å². The van der Waals surface area contributed by atoms with Crippen LogP contribution in [0, 0.1) is 0 Å². The van der Waals surface area contributed by atoms with E-state index in [4.69, 9.17) is 0 Å². The molecule has 0 amide bonds. The zero-order chi connectivity index (χ0) is 23.3. The average Bonchev–Trinajstić information content (AvgIpc) is 2.72. The van der Waals surface area contributed by atoms with Crippen molar-refractivity contribution in [2.75, 3.05) is 38.1 Å². The molecule has 0 saturated heterocycles. The Kier molecular flexibility index (Phi) is 13.3. The van der Waals surface area contributed by atoms with Crippen molar-refractivity contribution >= 4 is 5.69 Å². The Bertz CT molecular complexity index is 652. The number of rotatable bonds is 18. The minimum Gasteiger partial charge on any atom is -0.370 e. The van der Waals surface area contributed by atoms with E-state index < -0.39 is 0 Å². The van der Waals surface area contributed by atoms with Gasteiger partial charge >= 0.3 is 0 Å². The standard InChI is InChI=1S/C27H50N2O2/c1-7-9-11-13-15-17-19-29(20-18-16-14-12-10-8-2)22-21-28(6)24-23(27(3,4)5)25(30)26(24)31/h7-22H2,1-6H3. The van der Waals surface area contributed by atoms with Gasteiger partial charge in [-0.3, -0.25) is 9.59 Å². The van der Waals surface area contributed by atoms with E-state index in [-0.39, 0.29) is 16.3 Å². The van der Waals surface area contributed by atoms with Crippen molar-refractivity contribution in [1.82, 2.24) is 4.90 Å². The summed E-state index contributed by atoms with van der Waals surface area (Å²) in [6.45, 7) is 14.6. The van der Waals surface area contributed by atoms with Crippen LogP contribution in [-0.2, 0) is 5.41 Å². The molecule has 0 unspecified atom stereocenters. The molecule has 0 aliphatic rings.